The summed E-state index contributed by atoms with van der Waals surface area (Å²) >= 11 is 0. The summed E-state index contributed by atoms with van der Waals surface area (Å²) in [5.74, 6) is 1.08. The molecule has 0 saturated carbocycles. The minimum Gasteiger partial charge on any atom is -0.340 e. The fourth-order valence-electron chi connectivity index (χ4n) is 2.18. The molecule has 1 amide bonds. The predicted octanol–water partition coefficient (Wildman–Crippen LogP) is 2.77. The molecule has 0 bridgehead atoms. The summed E-state index contributed by atoms with van der Waals surface area (Å²) in [6.07, 6.45) is 0.678. The second kappa shape index (κ2) is 9.39. The topological polar surface area (TPSA) is 80.0 Å². The third-order valence-corrected chi connectivity index (χ3v) is 3.72. The summed E-state index contributed by atoms with van der Waals surface area (Å²) in [5, 5.41) is 10.1. The second-order valence-corrected chi connectivity index (χ2v) is 6.00. The van der Waals surface area contributed by atoms with E-state index in [4.69, 9.17) is 4.52 Å². The van der Waals surface area contributed by atoms with E-state index >= 15 is 0 Å². The quantitative estimate of drug-likeness (QED) is 0.800. The van der Waals surface area contributed by atoms with Crippen LogP contribution in [0.25, 0.3) is 0 Å². The van der Waals surface area contributed by atoms with Crippen LogP contribution < -0.4 is 10.6 Å². The molecule has 0 fully saturated rings. The lowest BCUT2D eigenvalue weighted by atomic mass is 10.0. The van der Waals surface area contributed by atoms with Gasteiger partial charge in [-0.15, -0.1) is 12.4 Å². The van der Waals surface area contributed by atoms with Gasteiger partial charge in [0, 0.05) is 18.0 Å². The summed E-state index contributed by atoms with van der Waals surface area (Å²) in [7, 11) is 1.89. The molecule has 0 radical (unpaired) electrons. The first-order valence-corrected chi connectivity index (χ1v) is 7.87. The Bertz CT molecular complexity index is 631. The molecule has 0 aliphatic heterocycles. The number of hydrogen-bond acceptors (Lipinski definition) is 5. The van der Waals surface area contributed by atoms with Gasteiger partial charge in [0.05, 0.1) is 0 Å². The number of halogens is 1. The molecule has 1 aromatic carbocycles. The summed E-state index contributed by atoms with van der Waals surface area (Å²) in [6, 6.07) is 9.06. The van der Waals surface area contributed by atoms with Gasteiger partial charge in [0.2, 0.25) is 5.89 Å². The molecular weight excluding hydrogens is 328 g/mol. The van der Waals surface area contributed by atoms with Crippen LogP contribution in [0.2, 0.25) is 0 Å². The smallest absolute Gasteiger partial charge is 0.251 e. The van der Waals surface area contributed by atoms with Crippen molar-refractivity contribution < 1.29 is 9.32 Å². The Labute approximate surface area is 148 Å². The number of carbonyl (C=O) groups excluding carboxylic acids is 1. The number of rotatable bonds is 7. The van der Waals surface area contributed by atoms with Gasteiger partial charge in [-0.05, 0) is 32.0 Å². The van der Waals surface area contributed by atoms with Crippen LogP contribution in [0.5, 0.6) is 0 Å². The Morgan fingerprint density at radius 1 is 1.21 bits per heavy atom. The highest BCUT2D eigenvalue weighted by Crippen LogP contribution is 2.21. The molecule has 0 aliphatic rings. The third kappa shape index (κ3) is 5.32. The Morgan fingerprint density at radius 3 is 2.46 bits per heavy atom. The van der Waals surface area contributed by atoms with E-state index in [1.165, 1.54) is 0 Å². The fourth-order valence-corrected chi connectivity index (χ4v) is 2.18. The van der Waals surface area contributed by atoms with E-state index in [1.807, 2.05) is 46.0 Å². The van der Waals surface area contributed by atoms with Crippen LogP contribution in [-0.2, 0) is 6.42 Å². The number of amides is 1. The lowest BCUT2D eigenvalue weighted by Crippen LogP contribution is -2.32. The van der Waals surface area contributed by atoms with Gasteiger partial charge in [-0.3, -0.25) is 4.79 Å². The Morgan fingerprint density at radius 2 is 1.88 bits per heavy atom. The number of nitrogens with one attached hydrogen (secondary N) is 2. The second-order valence-electron chi connectivity index (χ2n) is 6.00. The van der Waals surface area contributed by atoms with E-state index in [1.54, 1.807) is 12.1 Å². The molecule has 1 aromatic heterocycles. The third-order valence-electron chi connectivity index (χ3n) is 3.72. The maximum Gasteiger partial charge on any atom is 0.251 e. The molecule has 24 heavy (non-hydrogen) atoms. The van der Waals surface area contributed by atoms with Crippen LogP contribution >= 0.6 is 12.4 Å². The van der Waals surface area contributed by atoms with E-state index in [2.05, 4.69) is 20.8 Å². The van der Waals surface area contributed by atoms with Crippen molar-refractivity contribution in [3.05, 3.63) is 47.6 Å². The number of aromatic nitrogens is 2. The normalized spacial score (nSPS) is 13.2. The maximum atomic E-state index is 12.4. The van der Waals surface area contributed by atoms with Gasteiger partial charge in [0.25, 0.3) is 5.91 Å². The molecule has 1 heterocycles. The summed E-state index contributed by atoms with van der Waals surface area (Å²) in [4.78, 5) is 16.8. The molecule has 0 saturated heterocycles. The summed E-state index contributed by atoms with van der Waals surface area (Å²) in [5.41, 5.74) is 0.613. The highest BCUT2D eigenvalue weighted by atomic mass is 35.5. The average molecular weight is 353 g/mol. The van der Waals surface area contributed by atoms with Crippen LogP contribution in [0.4, 0.5) is 0 Å². The lowest BCUT2D eigenvalue weighted by molar-refractivity contribution is 0.0914. The molecule has 2 atom stereocenters. The van der Waals surface area contributed by atoms with Crippen LogP contribution in [0.15, 0.2) is 34.9 Å². The van der Waals surface area contributed by atoms with Gasteiger partial charge >= 0.3 is 0 Å². The monoisotopic (exact) mass is 352 g/mol. The van der Waals surface area contributed by atoms with E-state index in [0.717, 1.165) is 0 Å². The van der Waals surface area contributed by atoms with E-state index < -0.39 is 0 Å². The van der Waals surface area contributed by atoms with Gasteiger partial charge in [-0.25, -0.2) is 0 Å². The summed E-state index contributed by atoms with van der Waals surface area (Å²) < 4.78 is 5.37. The molecule has 0 aliphatic carbocycles. The SMILES string of the molecule is CNC(C)Cc1noc(C(NC(=O)c2ccccc2)C(C)C)n1.Cl. The number of likely N-dealkylation sites (N-methyl/N-ethyl adjacent to an activating group) is 1. The van der Waals surface area contributed by atoms with Gasteiger partial charge < -0.3 is 15.2 Å². The van der Waals surface area contributed by atoms with Crippen LogP contribution in [0, 0.1) is 5.92 Å². The molecule has 7 heteroatoms. The van der Waals surface area contributed by atoms with Crippen LogP contribution in [0.1, 0.15) is 48.9 Å². The first kappa shape index (κ1) is 20.1. The Hall–Kier alpha value is -1.92. The Balaban J connectivity index is 0.00000288. The average Bonchev–Trinajstić information content (AvgIpc) is 3.00. The van der Waals surface area contributed by atoms with Crippen molar-refractivity contribution in [3.8, 4) is 0 Å². The van der Waals surface area contributed by atoms with E-state index in [-0.39, 0.29) is 36.3 Å². The molecule has 2 unspecified atom stereocenters. The molecule has 2 N–H and O–H groups in total. The highest BCUT2D eigenvalue weighted by Gasteiger charge is 2.25. The number of nitrogens with zero attached hydrogens (tertiary/aromatic N) is 2. The zero-order chi connectivity index (χ0) is 16.8. The summed E-state index contributed by atoms with van der Waals surface area (Å²) in [6.45, 7) is 6.07. The molecule has 6 nitrogen and oxygen atoms in total. The number of benzene rings is 1. The van der Waals surface area contributed by atoms with Gasteiger partial charge in [0.1, 0.15) is 6.04 Å². The van der Waals surface area contributed by atoms with Crippen molar-refractivity contribution in [1.82, 2.24) is 20.8 Å². The van der Waals surface area contributed by atoms with E-state index in [9.17, 15) is 4.79 Å². The molecule has 2 rings (SSSR count). The molecular formula is C17H25ClN4O2. The minimum atomic E-state index is -0.311. The van der Waals surface area contributed by atoms with Gasteiger partial charge in [0.15, 0.2) is 5.82 Å². The van der Waals surface area contributed by atoms with E-state index in [0.29, 0.717) is 23.7 Å². The van der Waals surface area contributed by atoms with Gasteiger partial charge in [-0.1, -0.05) is 37.2 Å². The van der Waals surface area contributed by atoms with Crippen molar-refractivity contribution in [2.24, 2.45) is 5.92 Å². The van der Waals surface area contributed by atoms with Crippen molar-refractivity contribution in [2.75, 3.05) is 7.05 Å². The van der Waals surface area contributed by atoms with Crippen molar-refractivity contribution in [2.45, 2.75) is 39.3 Å². The first-order chi connectivity index (χ1) is 11.0. The predicted molar refractivity (Wildman–Crippen MR) is 95.3 cm³/mol. The Kier molecular flexibility index (Phi) is 7.88. The largest absolute Gasteiger partial charge is 0.340 e. The van der Waals surface area contributed by atoms with Crippen LogP contribution in [0.3, 0.4) is 0 Å². The maximum absolute atomic E-state index is 12.4. The van der Waals surface area contributed by atoms with Crippen molar-refractivity contribution in [1.29, 1.82) is 0 Å². The fraction of sp³-hybridized carbons (Fsp3) is 0.471. The zero-order valence-corrected chi connectivity index (χ0v) is 15.3. The van der Waals surface area contributed by atoms with Crippen molar-refractivity contribution >= 4 is 18.3 Å². The molecule has 132 valence electrons. The first-order valence-electron chi connectivity index (χ1n) is 7.87. The van der Waals surface area contributed by atoms with Crippen LogP contribution in [-0.4, -0.2) is 29.1 Å². The lowest BCUT2D eigenvalue weighted by Gasteiger charge is -2.18. The van der Waals surface area contributed by atoms with Gasteiger partial charge in [-0.2, -0.15) is 4.98 Å². The minimum absolute atomic E-state index is 0. The standard InChI is InChI=1S/C17H24N4O2.ClH/c1-11(2)15(20-16(22)13-8-6-5-7-9-13)17-19-14(21-23-17)10-12(3)18-4;/h5-9,11-12,15,18H,10H2,1-4H3,(H,20,22);1H. The number of hydrogen-bond donors (Lipinski definition) is 2. The number of carbonyl (C=O) groups is 1. The molecule has 0 spiro atoms. The zero-order valence-electron chi connectivity index (χ0n) is 14.4. The van der Waals surface area contributed by atoms with Crippen molar-refractivity contribution in [3.63, 3.8) is 0 Å². The highest BCUT2D eigenvalue weighted by molar-refractivity contribution is 5.94. The molecule has 2 aromatic rings.